The van der Waals surface area contributed by atoms with E-state index in [1.165, 1.54) is 0 Å². The zero-order valence-electron chi connectivity index (χ0n) is 6.91. The van der Waals surface area contributed by atoms with Crippen LogP contribution in [0.4, 0.5) is 0 Å². The molecule has 0 saturated heterocycles. The molecule has 4 heteroatoms. The summed E-state index contributed by atoms with van der Waals surface area (Å²) < 4.78 is 9.91. The second kappa shape index (κ2) is 2.48. The summed E-state index contributed by atoms with van der Waals surface area (Å²) in [5, 5.41) is 12.7. The predicted molar refractivity (Wildman–Crippen MR) is 41.1 cm³/mol. The van der Waals surface area contributed by atoms with Gasteiger partial charge in [0.05, 0.1) is 19.1 Å². The molecule has 0 spiro atoms. The zero-order valence-corrected chi connectivity index (χ0v) is 6.91. The van der Waals surface area contributed by atoms with E-state index >= 15 is 0 Å². The van der Waals surface area contributed by atoms with E-state index in [2.05, 4.69) is 5.16 Å². The van der Waals surface area contributed by atoms with E-state index in [4.69, 9.17) is 14.4 Å². The Labute approximate surface area is 70.1 Å². The van der Waals surface area contributed by atoms with Crippen molar-refractivity contribution < 1.29 is 14.4 Å². The quantitative estimate of drug-likeness (QED) is 0.723. The molecule has 1 heterocycles. The van der Waals surface area contributed by atoms with E-state index in [1.54, 1.807) is 13.2 Å². The van der Waals surface area contributed by atoms with Crippen molar-refractivity contribution in [2.24, 2.45) is 0 Å². The van der Waals surface area contributed by atoms with Crippen LogP contribution in [0.2, 0.25) is 0 Å². The molecule has 66 valence electrons. The predicted octanol–water partition coefficient (Wildman–Crippen LogP) is 0.707. The van der Waals surface area contributed by atoms with Crippen molar-refractivity contribution in [1.82, 2.24) is 5.16 Å². The number of hydrogen-bond acceptors (Lipinski definition) is 4. The van der Waals surface area contributed by atoms with Gasteiger partial charge >= 0.3 is 0 Å². The van der Waals surface area contributed by atoms with Gasteiger partial charge in [0, 0.05) is 6.07 Å². The minimum atomic E-state index is -0.149. The van der Waals surface area contributed by atoms with Crippen molar-refractivity contribution in [3.05, 3.63) is 11.8 Å². The van der Waals surface area contributed by atoms with Gasteiger partial charge in [-0.25, -0.2) is 0 Å². The molecule has 0 unspecified atom stereocenters. The summed E-state index contributed by atoms with van der Waals surface area (Å²) in [6.45, 7) is 0.130. The number of hydrogen-bond donors (Lipinski definition) is 1. The van der Waals surface area contributed by atoms with E-state index in [0.29, 0.717) is 5.88 Å². The molecule has 1 N–H and O–H groups in total. The summed E-state index contributed by atoms with van der Waals surface area (Å²) in [6.07, 6.45) is 1.95. The van der Waals surface area contributed by atoms with Gasteiger partial charge in [0.15, 0.2) is 0 Å². The van der Waals surface area contributed by atoms with Gasteiger partial charge in [-0.2, -0.15) is 0 Å². The van der Waals surface area contributed by atoms with Crippen molar-refractivity contribution in [2.75, 3.05) is 13.7 Å². The molecular formula is C8H11NO3. The molecule has 1 fully saturated rings. The van der Waals surface area contributed by atoms with Gasteiger partial charge in [-0.1, -0.05) is 0 Å². The highest BCUT2D eigenvalue weighted by atomic mass is 16.5. The highest BCUT2D eigenvalue weighted by Crippen LogP contribution is 2.48. The van der Waals surface area contributed by atoms with Crippen molar-refractivity contribution in [3.8, 4) is 5.88 Å². The summed E-state index contributed by atoms with van der Waals surface area (Å²) in [5.41, 5.74) is -0.149. The number of methoxy groups -OCH3 is 1. The first-order chi connectivity index (χ1) is 5.80. The first-order valence-electron chi connectivity index (χ1n) is 3.93. The lowest BCUT2D eigenvalue weighted by atomic mass is 10.1. The number of ether oxygens (including phenoxy) is 1. The van der Waals surface area contributed by atoms with Crippen LogP contribution in [0.1, 0.15) is 18.6 Å². The lowest BCUT2D eigenvalue weighted by Gasteiger charge is -2.03. The van der Waals surface area contributed by atoms with E-state index in [9.17, 15) is 0 Å². The first-order valence-corrected chi connectivity index (χ1v) is 3.93. The van der Waals surface area contributed by atoms with Crippen LogP contribution in [-0.4, -0.2) is 24.0 Å². The second-order valence-electron chi connectivity index (χ2n) is 3.17. The Kier molecular flexibility index (Phi) is 1.58. The fraction of sp³-hybridized carbons (Fsp3) is 0.625. The molecule has 4 nitrogen and oxygen atoms in total. The van der Waals surface area contributed by atoms with Crippen LogP contribution in [0.3, 0.4) is 0 Å². The number of aliphatic hydroxyl groups excluding tert-OH is 1. The summed E-state index contributed by atoms with van der Waals surface area (Å²) in [7, 11) is 1.54. The van der Waals surface area contributed by atoms with Gasteiger partial charge in [0.1, 0.15) is 5.76 Å². The Balaban J connectivity index is 2.23. The molecule has 0 aliphatic heterocycles. The van der Waals surface area contributed by atoms with Crippen molar-refractivity contribution in [2.45, 2.75) is 18.3 Å². The van der Waals surface area contributed by atoms with Crippen LogP contribution >= 0.6 is 0 Å². The van der Waals surface area contributed by atoms with Gasteiger partial charge in [-0.05, 0) is 18.0 Å². The van der Waals surface area contributed by atoms with Crippen LogP contribution < -0.4 is 4.74 Å². The molecule has 12 heavy (non-hydrogen) atoms. The molecule has 0 aromatic carbocycles. The van der Waals surface area contributed by atoms with Gasteiger partial charge in [-0.3, -0.25) is 0 Å². The molecule has 1 aliphatic rings. The normalized spacial score (nSPS) is 19.2. The lowest BCUT2D eigenvalue weighted by molar-refractivity contribution is 0.224. The van der Waals surface area contributed by atoms with Gasteiger partial charge in [0.2, 0.25) is 0 Å². The third kappa shape index (κ3) is 0.992. The van der Waals surface area contributed by atoms with E-state index in [1.807, 2.05) is 0 Å². The Morgan fingerprint density at radius 3 is 2.92 bits per heavy atom. The van der Waals surface area contributed by atoms with Crippen LogP contribution in [0.15, 0.2) is 10.6 Å². The second-order valence-corrected chi connectivity index (χ2v) is 3.17. The molecule has 0 atom stereocenters. The third-order valence-corrected chi connectivity index (χ3v) is 2.38. The SMILES string of the molecule is COc1cc(C2(CO)CC2)on1. The van der Waals surface area contributed by atoms with Crippen molar-refractivity contribution >= 4 is 0 Å². The van der Waals surface area contributed by atoms with Gasteiger partial charge in [-0.15, -0.1) is 0 Å². The van der Waals surface area contributed by atoms with Gasteiger partial charge < -0.3 is 14.4 Å². The molecule has 2 rings (SSSR count). The molecule has 0 radical (unpaired) electrons. The fourth-order valence-corrected chi connectivity index (χ4v) is 1.24. The molecule has 0 bridgehead atoms. The Morgan fingerprint density at radius 1 is 1.75 bits per heavy atom. The highest BCUT2D eigenvalue weighted by molar-refractivity contribution is 5.25. The number of aromatic nitrogens is 1. The Morgan fingerprint density at radius 2 is 2.50 bits per heavy atom. The molecule has 0 amide bonds. The van der Waals surface area contributed by atoms with Crippen molar-refractivity contribution in [1.29, 1.82) is 0 Å². The van der Waals surface area contributed by atoms with E-state index in [0.717, 1.165) is 18.6 Å². The largest absolute Gasteiger partial charge is 0.479 e. The van der Waals surface area contributed by atoms with E-state index < -0.39 is 0 Å². The Hall–Kier alpha value is -1.03. The van der Waals surface area contributed by atoms with Crippen molar-refractivity contribution in [3.63, 3.8) is 0 Å². The average molecular weight is 169 g/mol. The molecule has 1 aliphatic carbocycles. The monoisotopic (exact) mass is 169 g/mol. The topological polar surface area (TPSA) is 55.5 Å². The lowest BCUT2D eigenvalue weighted by Crippen LogP contribution is -2.10. The standard InChI is InChI=1S/C8H11NO3/c1-11-7-4-6(12-9-7)8(5-10)2-3-8/h4,10H,2-3,5H2,1H3. The number of nitrogens with zero attached hydrogens (tertiary/aromatic N) is 1. The minimum absolute atomic E-state index is 0.130. The fourth-order valence-electron chi connectivity index (χ4n) is 1.24. The summed E-state index contributed by atoms with van der Waals surface area (Å²) in [4.78, 5) is 0. The Bertz CT molecular complexity index is 278. The maximum Gasteiger partial charge on any atom is 0.254 e. The summed E-state index contributed by atoms with van der Waals surface area (Å²) in [6, 6.07) is 1.74. The minimum Gasteiger partial charge on any atom is -0.479 e. The maximum absolute atomic E-state index is 9.06. The van der Waals surface area contributed by atoms with E-state index in [-0.39, 0.29) is 12.0 Å². The number of rotatable bonds is 3. The molecular weight excluding hydrogens is 158 g/mol. The molecule has 1 aromatic heterocycles. The van der Waals surface area contributed by atoms with Crippen LogP contribution in [-0.2, 0) is 5.41 Å². The van der Waals surface area contributed by atoms with Gasteiger partial charge in [0.25, 0.3) is 5.88 Å². The van der Waals surface area contributed by atoms with Crippen LogP contribution in [0.5, 0.6) is 5.88 Å². The third-order valence-electron chi connectivity index (χ3n) is 2.38. The maximum atomic E-state index is 9.06. The molecule has 1 saturated carbocycles. The first kappa shape index (κ1) is 7.61. The highest BCUT2D eigenvalue weighted by Gasteiger charge is 2.47. The summed E-state index contributed by atoms with van der Waals surface area (Å²) >= 11 is 0. The number of aliphatic hydroxyl groups is 1. The summed E-state index contributed by atoms with van der Waals surface area (Å²) in [5.74, 6) is 1.21. The molecule has 1 aromatic rings. The average Bonchev–Trinajstić information content (AvgIpc) is 2.77. The zero-order chi connectivity index (χ0) is 8.60. The van der Waals surface area contributed by atoms with Crippen LogP contribution in [0.25, 0.3) is 0 Å². The smallest absolute Gasteiger partial charge is 0.254 e. The van der Waals surface area contributed by atoms with Crippen LogP contribution in [0, 0.1) is 0 Å².